The average molecular weight is 373 g/mol. The van der Waals surface area contributed by atoms with Crippen LogP contribution < -0.4 is 5.73 Å². The van der Waals surface area contributed by atoms with Crippen molar-refractivity contribution in [3.05, 3.63) is 50.7 Å². The molecule has 2 aromatic rings. The van der Waals surface area contributed by atoms with Crippen LogP contribution in [0.3, 0.4) is 0 Å². The van der Waals surface area contributed by atoms with E-state index >= 15 is 0 Å². The molecule has 3 nitrogen and oxygen atoms in total. The number of rotatable bonds is 4. The van der Waals surface area contributed by atoms with E-state index in [2.05, 4.69) is 49.9 Å². The Balaban J connectivity index is 2.24. The minimum absolute atomic E-state index is 0.0690. The van der Waals surface area contributed by atoms with Crippen LogP contribution in [-0.2, 0) is 13.0 Å². The smallest absolute Gasteiger partial charge is 0.0696 e. The van der Waals surface area contributed by atoms with Crippen LogP contribution in [-0.4, -0.2) is 9.78 Å². The molecule has 0 bridgehead atoms. The SMILES string of the molecule is CCn1ncc(Br)c1C(N)Cc1ccccc1Br. The van der Waals surface area contributed by atoms with Crippen molar-refractivity contribution >= 4 is 31.9 Å². The Morgan fingerprint density at radius 1 is 1.28 bits per heavy atom. The second-order valence-electron chi connectivity index (χ2n) is 4.10. The lowest BCUT2D eigenvalue weighted by Crippen LogP contribution is -2.19. The number of aromatic nitrogens is 2. The molecule has 1 aromatic heterocycles. The average Bonchev–Trinajstić information content (AvgIpc) is 2.73. The second kappa shape index (κ2) is 5.99. The summed E-state index contributed by atoms with van der Waals surface area (Å²) in [4.78, 5) is 0. The molecule has 0 spiro atoms. The normalized spacial score (nSPS) is 12.7. The molecule has 1 aromatic carbocycles. The van der Waals surface area contributed by atoms with Gasteiger partial charge in [-0.05, 0) is 40.9 Å². The number of benzene rings is 1. The standard InChI is InChI=1S/C13H15Br2N3/c1-2-18-13(11(15)8-17-18)12(16)7-9-5-3-4-6-10(9)14/h3-6,8,12H,2,7,16H2,1H3. The van der Waals surface area contributed by atoms with Gasteiger partial charge >= 0.3 is 0 Å². The van der Waals surface area contributed by atoms with Crippen LogP contribution >= 0.6 is 31.9 Å². The Labute approximate surface area is 124 Å². The zero-order chi connectivity index (χ0) is 13.1. The number of halogens is 2. The summed E-state index contributed by atoms with van der Waals surface area (Å²) < 4.78 is 4.01. The van der Waals surface area contributed by atoms with Crippen molar-refractivity contribution in [1.82, 2.24) is 9.78 Å². The van der Waals surface area contributed by atoms with Gasteiger partial charge in [0.05, 0.1) is 22.4 Å². The van der Waals surface area contributed by atoms with Crippen molar-refractivity contribution in [2.24, 2.45) is 5.73 Å². The summed E-state index contributed by atoms with van der Waals surface area (Å²) in [7, 11) is 0. The molecule has 0 amide bonds. The fourth-order valence-corrected chi connectivity index (χ4v) is 3.03. The molecule has 0 aliphatic heterocycles. The van der Waals surface area contributed by atoms with Crippen molar-refractivity contribution < 1.29 is 0 Å². The van der Waals surface area contributed by atoms with Crippen LogP contribution in [0, 0.1) is 0 Å². The Kier molecular flexibility index (Phi) is 4.59. The fraction of sp³-hybridized carbons (Fsp3) is 0.308. The van der Waals surface area contributed by atoms with Gasteiger partial charge in [-0.15, -0.1) is 0 Å². The Morgan fingerprint density at radius 3 is 2.67 bits per heavy atom. The summed E-state index contributed by atoms with van der Waals surface area (Å²) in [5.41, 5.74) is 8.56. The molecule has 1 heterocycles. The molecule has 0 fully saturated rings. The van der Waals surface area contributed by atoms with E-state index in [1.165, 1.54) is 5.56 Å². The molecule has 0 aliphatic carbocycles. The number of aryl methyl sites for hydroxylation is 1. The molecule has 18 heavy (non-hydrogen) atoms. The molecule has 5 heteroatoms. The van der Waals surface area contributed by atoms with E-state index in [-0.39, 0.29) is 6.04 Å². The van der Waals surface area contributed by atoms with Crippen LogP contribution in [0.5, 0.6) is 0 Å². The third-order valence-corrected chi connectivity index (χ3v) is 4.27. The first-order chi connectivity index (χ1) is 8.63. The van der Waals surface area contributed by atoms with E-state index < -0.39 is 0 Å². The van der Waals surface area contributed by atoms with Crippen LogP contribution in [0.15, 0.2) is 39.4 Å². The monoisotopic (exact) mass is 371 g/mol. The third-order valence-electron chi connectivity index (χ3n) is 2.88. The summed E-state index contributed by atoms with van der Waals surface area (Å²) >= 11 is 7.07. The first-order valence-electron chi connectivity index (χ1n) is 5.83. The lowest BCUT2D eigenvalue weighted by molar-refractivity contribution is 0.566. The van der Waals surface area contributed by atoms with Gasteiger partial charge in [0, 0.05) is 11.0 Å². The van der Waals surface area contributed by atoms with Crippen molar-refractivity contribution in [1.29, 1.82) is 0 Å². The van der Waals surface area contributed by atoms with Gasteiger partial charge in [-0.1, -0.05) is 34.1 Å². The fourth-order valence-electron chi connectivity index (χ4n) is 1.99. The molecule has 96 valence electrons. The summed E-state index contributed by atoms with van der Waals surface area (Å²) in [5.74, 6) is 0. The van der Waals surface area contributed by atoms with Crippen molar-refractivity contribution in [3.63, 3.8) is 0 Å². The van der Waals surface area contributed by atoms with Crippen LogP contribution in [0.2, 0.25) is 0 Å². The van der Waals surface area contributed by atoms with Crippen LogP contribution in [0.4, 0.5) is 0 Å². The highest BCUT2D eigenvalue weighted by atomic mass is 79.9. The summed E-state index contributed by atoms with van der Waals surface area (Å²) in [6.07, 6.45) is 2.59. The molecule has 0 saturated heterocycles. The highest BCUT2D eigenvalue weighted by Gasteiger charge is 2.17. The maximum Gasteiger partial charge on any atom is 0.0696 e. The van der Waals surface area contributed by atoms with E-state index in [1.54, 1.807) is 6.20 Å². The molecular formula is C13H15Br2N3. The van der Waals surface area contributed by atoms with Crippen molar-refractivity contribution in [3.8, 4) is 0 Å². The molecule has 2 rings (SSSR count). The highest BCUT2D eigenvalue weighted by molar-refractivity contribution is 9.10. The van der Waals surface area contributed by atoms with Gasteiger partial charge in [-0.3, -0.25) is 4.68 Å². The lowest BCUT2D eigenvalue weighted by Gasteiger charge is -2.15. The van der Waals surface area contributed by atoms with E-state index in [0.29, 0.717) is 0 Å². The van der Waals surface area contributed by atoms with Gasteiger partial charge in [-0.25, -0.2) is 0 Å². The Hall–Kier alpha value is -0.650. The summed E-state index contributed by atoms with van der Waals surface area (Å²) in [6, 6.07) is 8.09. The van der Waals surface area contributed by atoms with Crippen LogP contribution in [0.25, 0.3) is 0 Å². The number of nitrogens with zero attached hydrogens (tertiary/aromatic N) is 2. The van der Waals surface area contributed by atoms with Gasteiger partial charge in [-0.2, -0.15) is 5.10 Å². The summed E-state index contributed by atoms with van der Waals surface area (Å²) in [5, 5.41) is 4.30. The molecule has 0 aliphatic rings. The Morgan fingerprint density at radius 2 is 2.00 bits per heavy atom. The van der Waals surface area contributed by atoms with Crippen molar-refractivity contribution in [2.75, 3.05) is 0 Å². The Bertz CT molecular complexity index is 537. The maximum absolute atomic E-state index is 6.31. The predicted octanol–water partition coefficient (Wildman–Crippen LogP) is 3.67. The van der Waals surface area contributed by atoms with E-state index in [0.717, 1.165) is 27.6 Å². The quantitative estimate of drug-likeness (QED) is 0.889. The zero-order valence-corrected chi connectivity index (χ0v) is 13.3. The van der Waals surface area contributed by atoms with E-state index in [1.807, 2.05) is 22.9 Å². The van der Waals surface area contributed by atoms with E-state index in [9.17, 15) is 0 Å². The minimum Gasteiger partial charge on any atom is -0.322 e. The predicted molar refractivity (Wildman–Crippen MR) is 80.4 cm³/mol. The van der Waals surface area contributed by atoms with Crippen molar-refractivity contribution in [2.45, 2.75) is 25.9 Å². The number of nitrogens with two attached hydrogens (primary N) is 1. The van der Waals surface area contributed by atoms with Crippen LogP contribution in [0.1, 0.15) is 24.2 Å². The number of hydrogen-bond acceptors (Lipinski definition) is 2. The molecule has 2 N–H and O–H groups in total. The molecular weight excluding hydrogens is 358 g/mol. The van der Waals surface area contributed by atoms with Gasteiger partial charge in [0.1, 0.15) is 0 Å². The highest BCUT2D eigenvalue weighted by Crippen LogP contribution is 2.26. The third kappa shape index (κ3) is 2.84. The molecule has 0 saturated carbocycles. The van der Waals surface area contributed by atoms with E-state index in [4.69, 9.17) is 5.73 Å². The summed E-state index contributed by atoms with van der Waals surface area (Å²) in [6.45, 7) is 2.89. The molecule has 1 unspecified atom stereocenters. The largest absolute Gasteiger partial charge is 0.322 e. The molecule has 1 atom stereocenters. The lowest BCUT2D eigenvalue weighted by atomic mass is 10.0. The first kappa shape index (κ1) is 13.8. The topological polar surface area (TPSA) is 43.8 Å². The van der Waals surface area contributed by atoms with Gasteiger partial charge in [0.15, 0.2) is 0 Å². The minimum atomic E-state index is -0.0690. The van der Waals surface area contributed by atoms with Gasteiger partial charge < -0.3 is 5.73 Å². The first-order valence-corrected chi connectivity index (χ1v) is 7.42. The molecule has 0 radical (unpaired) electrons. The maximum atomic E-state index is 6.31. The zero-order valence-electron chi connectivity index (χ0n) is 10.1. The van der Waals surface area contributed by atoms with Gasteiger partial charge in [0.2, 0.25) is 0 Å². The number of hydrogen-bond donors (Lipinski definition) is 1. The second-order valence-corrected chi connectivity index (χ2v) is 5.80. The van der Waals surface area contributed by atoms with Gasteiger partial charge in [0.25, 0.3) is 0 Å².